The molecule has 0 unspecified atom stereocenters. The third kappa shape index (κ3) is 7.24. The van der Waals surface area contributed by atoms with Gasteiger partial charge in [0.2, 0.25) is 0 Å². The molecule has 1 N–H and O–H groups in total. The summed E-state index contributed by atoms with van der Waals surface area (Å²) in [4.78, 5) is 36.3. The molecule has 0 radical (unpaired) electrons. The molecule has 0 bridgehead atoms. The number of carbonyl (C=O) groups is 3. The van der Waals surface area contributed by atoms with Crippen molar-refractivity contribution in [1.82, 2.24) is 0 Å². The third-order valence-corrected chi connectivity index (χ3v) is 2.72. The summed E-state index contributed by atoms with van der Waals surface area (Å²) in [6.07, 6.45) is -0.778. The highest BCUT2D eigenvalue weighted by Gasteiger charge is 2.25. The van der Waals surface area contributed by atoms with Gasteiger partial charge in [-0.1, -0.05) is 0 Å². The fourth-order valence-corrected chi connectivity index (χ4v) is 1.83. The number of nitrogens with zero attached hydrogens (tertiary/aromatic N) is 1. The van der Waals surface area contributed by atoms with Crippen molar-refractivity contribution in [3.63, 3.8) is 0 Å². The van der Waals surface area contributed by atoms with Crippen molar-refractivity contribution in [1.29, 1.82) is 0 Å². The Balaban J connectivity index is 3.02. The zero-order chi connectivity index (χ0) is 19.4. The Hall–Kier alpha value is -2.57. The Labute approximate surface area is 147 Å². The zero-order valence-electron chi connectivity index (χ0n) is 15.5. The van der Waals surface area contributed by atoms with Crippen LogP contribution in [0.15, 0.2) is 24.3 Å². The molecule has 0 aliphatic carbocycles. The average molecular weight is 351 g/mol. The van der Waals surface area contributed by atoms with E-state index in [1.807, 2.05) is 0 Å². The number of ether oxygens (including phenoxy) is 2. The average Bonchev–Trinajstić information content (AvgIpc) is 2.41. The second-order valence-corrected chi connectivity index (χ2v) is 7.51. The molecule has 0 spiro atoms. The lowest BCUT2D eigenvalue weighted by molar-refractivity contribution is -0.135. The van der Waals surface area contributed by atoms with Gasteiger partial charge in [-0.05, 0) is 65.8 Å². The molecule has 0 heterocycles. The van der Waals surface area contributed by atoms with E-state index in [4.69, 9.17) is 14.6 Å². The van der Waals surface area contributed by atoms with E-state index >= 15 is 0 Å². The van der Waals surface area contributed by atoms with Gasteiger partial charge in [0.15, 0.2) is 0 Å². The minimum Gasteiger partial charge on any atom is -0.480 e. The van der Waals surface area contributed by atoms with E-state index in [1.165, 1.54) is 24.3 Å². The van der Waals surface area contributed by atoms with E-state index in [0.717, 1.165) is 4.90 Å². The van der Waals surface area contributed by atoms with Crippen molar-refractivity contribution in [2.45, 2.75) is 52.7 Å². The maximum Gasteiger partial charge on any atom is 0.415 e. The van der Waals surface area contributed by atoms with Gasteiger partial charge in [-0.15, -0.1) is 0 Å². The molecule has 138 valence electrons. The lowest BCUT2D eigenvalue weighted by Gasteiger charge is -2.26. The van der Waals surface area contributed by atoms with Crippen LogP contribution in [0.25, 0.3) is 0 Å². The number of carbonyl (C=O) groups excluding carboxylic acids is 2. The van der Waals surface area contributed by atoms with E-state index in [1.54, 1.807) is 41.5 Å². The fraction of sp³-hybridized carbons (Fsp3) is 0.500. The van der Waals surface area contributed by atoms with E-state index in [9.17, 15) is 14.4 Å². The second kappa shape index (κ2) is 7.55. The van der Waals surface area contributed by atoms with Gasteiger partial charge in [0, 0.05) is 5.69 Å². The molecule has 0 fully saturated rings. The van der Waals surface area contributed by atoms with Gasteiger partial charge < -0.3 is 14.6 Å². The van der Waals surface area contributed by atoms with Crippen LogP contribution in [0.3, 0.4) is 0 Å². The summed E-state index contributed by atoms with van der Waals surface area (Å²) in [7, 11) is 0. The number of benzene rings is 1. The van der Waals surface area contributed by atoms with Gasteiger partial charge in [-0.25, -0.2) is 9.59 Å². The summed E-state index contributed by atoms with van der Waals surface area (Å²) in [6.45, 7) is 9.80. The molecule has 0 saturated heterocycles. The number of rotatable bonds is 4. The number of anilines is 1. The predicted molar refractivity (Wildman–Crippen MR) is 92.8 cm³/mol. The van der Waals surface area contributed by atoms with Gasteiger partial charge in [-0.2, -0.15) is 0 Å². The summed E-state index contributed by atoms with van der Waals surface area (Å²) < 4.78 is 10.5. The molecule has 0 atom stereocenters. The highest BCUT2D eigenvalue weighted by molar-refractivity contribution is 5.94. The van der Waals surface area contributed by atoms with Crippen LogP contribution in [0.1, 0.15) is 51.9 Å². The number of carboxylic acids is 1. The summed E-state index contributed by atoms with van der Waals surface area (Å²) in [6, 6.07) is 5.91. The Morgan fingerprint density at radius 3 is 1.80 bits per heavy atom. The van der Waals surface area contributed by atoms with Crippen LogP contribution in [0, 0.1) is 0 Å². The number of hydrogen-bond acceptors (Lipinski definition) is 5. The van der Waals surface area contributed by atoms with Crippen LogP contribution in [0.2, 0.25) is 0 Å². The first-order valence-corrected chi connectivity index (χ1v) is 7.84. The Morgan fingerprint density at radius 2 is 1.40 bits per heavy atom. The Morgan fingerprint density at radius 1 is 0.920 bits per heavy atom. The van der Waals surface area contributed by atoms with Gasteiger partial charge in [0.05, 0.1) is 5.56 Å². The standard InChI is InChI=1S/C18H25NO6/c1-17(2,3)24-15(22)12-7-9-13(10-8-12)19(11-14(20)21)16(23)25-18(4,5)6/h7-10H,11H2,1-6H3,(H,20,21). The summed E-state index contributed by atoms with van der Waals surface area (Å²) in [5.41, 5.74) is -0.770. The summed E-state index contributed by atoms with van der Waals surface area (Å²) in [5, 5.41) is 9.04. The predicted octanol–water partition coefficient (Wildman–Crippen LogP) is 3.47. The Kier molecular flexibility index (Phi) is 6.18. The number of aliphatic carboxylic acids is 1. The topological polar surface area (TPSA) is 93.1 Å². The molecule has 1 aromatic carbocycles. The maximum absolute atomic E-state index is 12.2. The highest BCUT2D eigenvalue weighted by Crippen LogP contribution is 2.20. The summed E-state index contributed by atoms with van der Waals surface area (Å²) in [5.74, 6) is -1.68. The lowest BCUT2D eigenvalue weighted by Crippen LogP contribution is -2.40. The minimum absolute atomic E-state index is 0.304. The molecular formula is C18H25NO6. The van der Waals surface area contributed by atoms with E-state index < -0.39 is 35.8 Å². The van der Waals surface area contributed by atoms with Gasteiger partial charge in [0.1, 0.15) is 17.7 Å². The minimum atomic E-state index is -1.18. The molecule has 0 saturated carbocycles. The monoisotopic (exact) mass is 351 g/mol. The molecule has 25 heavy (non-hydrogen) atoms. The zero-order valence-corrected chi connectivity index (χ0v) is 15.5. The number of esters is 1. The fourth-order valence-electron chi connectivity index (χ4n) is 1.83. The molecule has 7 nitrogen and oxygen atoms in total. The Bertz CT molecular complexity index is 637. The van der Waals surface area contributed by atoms with Crippen molar-refractivity contribution < 1.29 is 29.0 Å². The van der Waals surface area contributed by atoms with Crippen molar-refractivity contribution in [3.05, 3.63) is 29.8 Å². The van der Waals surface area contributed by atoms with Crippen LogP contribution in [-0.4, -0.2) is 40.9 Å². The van der Waals surface area contributed by atoms with Crippen LogP contribution in [-0.2, 0) is 14.3 Å². The molecule has 0 aromatic heterocycles. The van der Waals surface area contributed by atoms with Gasteiger partial charge in [0.25, 0.3) is 0 Å². The third-order valence-electron chi connectivity index (χ3n) is 2.72. The lowest BCUT2D eigenvalue weighted by atomic mass is 10.1. The summed E-state index contributed by atoms with van der Waals surface area (Å²) >= 11 is 0. The SMILES string of the molecule is CC(C)(C)OC(=O)c1ccc(N(CC(=O)O)C(=O)OC(C)(C)C)cc1. The second-order valence-electron chi connectivity index (χ2n) is 7.51. The van der Waals surface area contributed by atoms with Crippen molar-refractivity contribution in [2.75, 3.05) is 11.4 Å². The smallest absolute Gasteiger partial charge is 0.415 e. The maximum atomic E-state index is 12.2. The van der Waals surface area contributed by atoms with Crippen LogP contribution in [0.4, 0.5) is 10.5 Å². The first kappa shape index (κ1) is 20.5. The van der Waals surface area contributed by atoms with Crippen LogP contribution >= 0.6 is 0 Å². The van der Waals surface area contributed by atoms with E-state index in [2.05, 4.69) is 0 Å². The molecule has 1 rings (SSSR count). The molecule has 0 aliphatic rings. The highest BCUT2D eigenvalue weighted by atomic mass is 16.6. The van der Waals surface area contributed by atoms with Gasteiger partial charge in [-0.3, -0.25) is 9.69 Å². The van der Waals surface area contributed by atoms with Crippen molar-refractivity contribution >= 4 is 23.7 Å². The first-order valence-electron chi connectivity index (χ1n) is 7.84. The quantitative estimate of drug-likeness (QED) is 0.835. The molecule has 1 aromatic rings. The molecular weight excluding hydrogens is 326 g/mol. The number of hydrogen-bond donors (Lipinski definition) is 1. The van der Waals surface area contributed by atoms with Crippen molar-refractivity contribution in [3.8, 4) is 0 Å². The largest absolute Gasteiger partial charge is 0.480 e. The van der Waals surface area contributed by atoms with Gasteiger partial charge >= 0.3 is 18.0 Å². The number of carboxylic acid groups (broad SMARTS) is 1. The van der Waals surface area contributed by atoms with E-state index in [0.29, 0.717) is 11.3 Å². The molecule has 7 heteroatoms. The molecule has 1 amide bonds. The van der Waals surface area contributed by atoms with Crippen LogP contribution < -0.4 is 4.90 Å². The first-order chi connectivity index (χ1) is 11.3. The van der Waals surface area contributed by atoms with Crippen molar-refractivity contribution in [2.24, 2.45) is 0 Å². The van der Waals surface area contributed by atoms with E-state index in [-0.39, 0.29) is 0 Å². The number of amides is 1. The van der Waals surface area contributed by atoms with Crippen LogP contribution in [0.5, 0.6) is 0 Å². The molecule has 0 aliphatic heterocycles. The normalized spacial score (nSPS) is 11.6.